The Bertz CT molecular complexity index is 946. The van der Waals surface area contributed by atoms with Crippen LogP contribution in [-0.2, 0) is 20.7 Å². The lowest BCUT2D eigenvalue weighted by Gasteiger charge is -2.35. The molecule has 0 N–H and O–H groups in total. The lowest BCUT2D eigenvalue weighted by Crippen LogP contribution is -2.50. The minimum atomic E-state index is -0.712. The summed E-state index contributed by atoms with van der Waals surface area (Å²) in [6.07, 6.45) is 2.48. The monoisotopic (exact) mass is 417 g/mol. The van der Waals surface area contributed by atoms with Crippen LogP contribution in [0, 0.1) is 0 Å². The first kappa shape index (κ1) is 23.4. The predicted octanol–water partition coefficient (Wildman–Crippen LogP) is 2.91. The van der Waals surface area contributed by atoms with E-state index in [1.165, 1.54) is 13.8 Å². The molecule has 1 heterocycles. The summed E-state index contributed by atoms with van der Waals surface area (Å²) in [5, 5.41) is 0.745. The van der Waals surface area contributed by atoms with Crippen LogP contribution < -0.4 is 4.74 Å². The van der Waals surface area contributed by atoms with Gasteiger partial charge in [-0.25, -0.2) is 4.79 Å². The molecule has 0 saturated carbocycles. The number of aromatic nitrogens is 1. The van der Waals surface area contributed by atoms with E-state index in [9.17, 15) is 14.4 Å². The average Bonchev–Trinajstić information content (AvgIpc) is 3.03. The average molecular weight is 418 g/mol. The fourth-order valence-electron chi connectivity index (χ4n) is 3.06. The molecule has 8 nitrogen and oxygen atoms in total. The zero-order valence-corrected chi connectivity index (χ0v) is 18.8. The molecule has 0 bridgehead atoms. The van der Waals surface area contributed by atoms with Crippen molar-refractivity contribution in [3.8, 4) is 5.75 Å². The minimum absolute atomic E-state index is 0.0793. The molecular weight excluding hydrogens is 386 g/mol. The molecule has 164 valence electrons. The molecule has 0 radical (unpaired) electrons. The van der Waals surface area contributed by atoms with Crippen molar-refractivity contribution in [1.82, 2.24) is 14.4 Å². The molecule has 0 fully saturated rings. The van der Waals surface area contributed by atoms with E-state index in [2.05, 4.69) is 0 Å². The van der Waals surface area contributed by atoms with Gasteiger partial charge < -0.3 is 19.3 Å². The maximum absolute atomic E-state index is 13.4. The maximum atomic E-state index is 13.4. The lowest BCUT2D eigenvalue weighted by atomic mass is 10.1. The number of hydrogen-bond acceptors (Lipinski definition) is 6. The molecule has 1 aromatic carbocycles. The van der Waals surface area contributed by atoms with Gasteiger partial charge in [-0.15, -0.1) is 0 Å². The Hall–Kier alpha value is -2.87. The van der Waals surface area contributed by atoms with Crippen LogP contribution in [0.2, 0.25) is 0 Å². The molecule has 0 aliphatic carbocycles. The summed E-state index contributed by atoms with van der Waals surface area (Å²) in [6, 6.07) is 5.04. The van der Waals surface area contributed by atoms with Crippen LogP contribution in [0.15, 0.2) is 24.4 Å². The fraction of sp³-hybridized carbons (Fsp3) is 0.500. The van der Waals surface area contributed by atoms with E-state index in [1.807, 2.05) is 38.9 Å². The number of rotatable bonds is 7. The van der Waals surface area contributed by atoms with E-state index in [0.29, 0.717) is 17.7 Å². The van der Waals surface area contributed by atoms with Crippen LogP contribution in [-0.4, -0.2) is 72.2 Å². The lowest BCUT2D eigenvalue weighted by molar-refractivity contribution is -0.144. The van der Waals surface area contributed by atoms with Crippen molar-refractivity contribution in [3.63, 3.8) is 0 Å². The number of amides is 1. The van der Waals surface area contributed by atoms with Gasteiger partial charge in [0, 0.05) is 39.0 Å². The third kappa shape index (κ3) is 5.38. The van der Waals surface area contributed by atoms with Crippen LogP contribution in [0.5, 0.6) is 5.75 Å². The molecule has 0 spiro atoms. The van der Waals surface area contributed by atoms with Crippen LogP contribution in [0.4, 0.5) is 4.79 Å². The summed E-state index contributed by atoms with van der Waals surface area (Å²) in [6.45, 7) is 7.20. The van der Waals surface area contributed by atoms with Crippen molar-refractivity contribution in [3.05, 3.63) is 30.0 Å². The Labute approximate surface area is 177 Å². The van der Waals surface area contributed by atoms with E-state index in [1.54, 1.807) is 34.8 Å². The Morgan fingerprint density at radius 3 is 2.30 bits per heavy atom. The summed E-state index contributed by atoms with van der Waals surface area (Å²) >= 11 is 0. The first-order chi connectivity index (χ1) is 13.9. The van der Waals surface area contributed by atoms with Crippen molar-refractivity contribution in [1.29, 1.82) is 0 Å². The third-order valence-electron chi connectivity index (χ3n) is 4.98. The van der Waals surface area contributed by atoms with Gasteiger partial charge >= 0.3 is 18.0 Å². The normalized spacial score (nSPS) is 11.6. The second-order valence-electron chi connectivity index (χ2n) is 8.26. The molecule has 0 unspecified atom stereocenters. The van der Waals surface area contributed by atoms with Gasteiger partial charge in [-0.2, -0.15) is 0 Å². The molecular formula is C22H31N3O5. The Morgan fingerprint density at radius 1 is 1.07 bits per heavy atom. The molecule has 1 aromatic heterocycles. The molecule has 0 atom stereocenters. The summed E-state index contributed by atoms with van der Waals surface area (Å²) in [5.41, 5.74) is 0.856. The first-order valence-corrected chi connectivity index (χ1v) is 9.81. The van der Waals surface area contributed by atoms with Gasteiger partial charge in [0.15, 0.2) is 0 Å². The maximum Gasteiger partial charge on any atom is 0.328 e. The predicted molar refractivity (Wildman–Crippen MR) is 115 cm³/mol. The van der Waals surface area contributed by atoms with Crippen LogP contribution in [0.1, 0.15) is 33.3 Å². The van der Waals surface area contributed by atoms with E-state index in [4.69, 9.17) is 9.47 Å². The van der Waals surface area contributed by atoms with E-state index < -0.39 is 17.5 Å². The summed E-state index contributed by atoms with van der Waals surface area (Å²) in [5.74, 6) is -0.380. The number of carbonyl (C=O) groups excluding carboxylic acids is 3. The largest absolute Gasteiger partial charge is 0.463 e. The fourth-order valence-corrected chi connectivity index (χ4v) is 3.06. The molecule has 2 aromatic rings. The second kappa shape index (κ2) is 9.30. The Balaban J connectivity index is 2.51. The van der Waals surface area contributed by atoms with Gasteiger partial charge in [-0.3, -0.25) is 14.2 Å². The van der Waals surface area contributed by atoms with Crippen molar-refractivity contribution in [2.45, 2.75) is 39.7 Å². The highest BCUT2D eigenvalue weighted by molar-refractivity contribution is 5.98. The van der Waals surface area contributed by atoms with Gasteiger partial charge in [0.05, 0.1) is 11.1 Å². The molecule has 0 saturated heterocycles. The Kier molecular flexibility index (Phi) is 7.25. The SMILES string of the molecule is CC(=O)OCC(C)(C)N(C)C(=O)n1cc(CCN(C)C)c2c(OC(C)=O)cccc21. The first-order valence-electron chi connectivity index (χ1n) is 9.81. The van der Waals surface area contributed by atoms with Crippen molar-refractivity contribution < 1.29 is 23.9 Å². The van der Waals surface area contributed by atoms with E-state index in [-0.39, 0.29) is 12.6 Å². The van der Waals surface area contributed by atoms with Crippen LogP contribution in [0.25, 0.3) is 10.9 Å². The van der Waals surface area contributed by atoms with Crippen molar-refractivity contribution >= 4 is 28.9 Å². The number of benzene rings is 1. The van der Waals surface area contributed by atoms with Crippen molar-refractivity contribution in [2.24, 2.45) is 0 Å². The summed E-state index contributed by atoms with van der Waals surface area (Å²) in [7, 11) is 5.62. The molecule has 1 amide bonds. The topological polar surface area (TPSA) is 81.1 Å². The van der Waals surface area contributed by atoms with E-state index in [0.717, 1.165) is 17.5 Å². The molecule has 2 rings (SSSR count). The zero-order valence-electron chi connectivity index (χ0n) is 18.8. The number of esters is 2. The van der Waals surface area contributed by atoms with Gasteiger partial charge in [0.2, 0.25) is 0 Å². The summed E-state index contributed by atoms with van der Waals surface area (Å²) < 4.78 is 12.1. The number of carbonyl (C=O) groups is 3. The van der Waals surface area contributed by atoms with E-state index >= 15 is 0 Å². The number of hydrogen-bond donors (Lipinski definition) is 0. The minimum Gasteiger partial charge on any atom is -0.463 e. The molecule has 30 heavy (non-hydrogen) atoms. The van der Waals surface area contributed by atoms with Gasteiger partial charge in [-0.1, -0.05) is 6.07 Å². The highest BCUT2D eigenvalue weighted by atomic mass is 16.5. The second-order valence-corrected chi connectivity index (χ2v) is 8.26. The van der Waals surface area contributed by atoms with Crippen molar-refractivity contribution in [2.75, 3.05) is 34.3 Å². The number of nitrogens with zero attached hydrogens (tertiary/aromatic N) is 3. The number of likely N-dealkylation sites (N-methyl/N-ethyl adjacent to an activating group) is 2. The quantitative estimate of drug-likeness (QED) is 0.509. The smallest absolute Gasteiger partial charge is 0.328 e. The highest BCUT2D eigenvalue weighted by Gasteiger charge is 2.31. The van der Waals surface area contributed by atoms with Crippen LogP contribution >= 0.6 is 0 Å². The highest BCUT2D eigenvalue weighted by Crippen LogP contribution is 2.32. The Morgan fingerprint density at radius 2 is 1.73 bits per heavy atom. The molecule has 0 aliphatic rings. The zero-order chi connectivity index (χ0) is 22.6. The standard InChI is InChI=1S/C22H31N3O5/c1-15(26)29-14-22(3,4)24(7)21(28)25-13-17(11-12-23(5)6)20-18(25)9-8-10-19(20)30-16(2)27/h8-10,13H,11-12,14H2,1-7H3. The summed E-state index contributed by atoms with van der Waals surface area (Å²) in [4.78, 5) is 39.8. The van der Waals surface area contributed by atoms with Gasteiger partial charge in [-0.05, 0) is 52.1 Å². The van der Waals surface area contributed by atoms with Gasteiger partial charge in [0.1, 0.15) is 12.4 Å². The third-order valence-corrected chi connectivity index (χ3v) is 4.98. The molecule has 8 heteroatoms. The van der Waals surface area contributed by atoms with Gasteiger partial charge in [0.25, 0.3) is 0 Å². The van der Waals surface area contributed by atoms with Crippen LogP contribution in [0.3, 0.4) is 0 Å². The molecule has 0 aliphatic heterocycles. The number of ether oxygens (including phenoxy) is 2. The number of fused-ring (bicyclic) bond motifs is 1.